The van der Waals surface area contributed by atoms with Crippen LogP contribution in [0.25, 0.3) is 16.7 Å². The number of aryl methyl sites for hydroxylation is 2. The number of ether oxygens (including phenoxy) is 7. The molecule has 1 aliphatic heterocycles. The molecule has 2 aromatic carbocycles. The van der Waals surface area contributed by atoms with E-state index in [0.717, 1.165) is 91.2 Å². The minimum absolute atomic E-state index is 0.0123. The van der Waals surface area contributed by atoms with E-state index < -0.39 is 57.0 Å². The van der Waals surface area contributed by atoms with Gasteiger partial charge in [-0.05, 0) is 72.6 Å². The van der Waals surface area contributed by atoms with Gasteiger partial charge in [-0.1, -0.05) is 123 Å². The van der Waals surface area contributed by atoms with Gasteiger partial charge in [0.1, 0.15) is 44.4 Å². The Kier molecular flexibility index (Phi) is 29.2. The Morgan fingerprint density at radius 1 is 0.768 bits per heavy atom. The van der Waals surface area contributed by atoms with Crippen LogP contribution < -0.4 is 24.3 Å². The number of hydrogen-bond donors (Lipinski definition) is 3. The first kappa shape index (κ1) is 67.3. The molecule has 21 heteroatoms. The average molecular weight is 1170 g/mol. The first-order valence-corrected chi connectivity index (χ1v) is 31.4. The maximum atomic E-state index is 13.4. The monoisotopic (exact) mass is 1170 g/mol. The number of phosphoric ester groups is 1. The number of H-pyrrole nitrogens is 1. The van der Waals surface area contributed by atoms with Crippen molar-refractivity contribution in [3.05, 3.63) is 53.1 Å². The lowest BCUT2D eigenvalue weighted by atomic mass is 9.90. The van der Waals surface area contributed by atoms with Crippen LogP contribution in [-0.2, 0) is 66.3 Å². The second-order valence-corrected chi connectivity index (χ2v) is 24.0. The Bertz CT molecular complexity index is 2550. The van der Waals surface area contributed by atoms with Crippen molar-refractivity contribution in [2.24, 2.45) is 0 Å². The molecule has 1 aliphatic carbocycles. The number of nitrogens with zero attached hydrogens (tertiary/aromatic N) is 3. The van der Waals surface area contributed by atoms with Crippen molar-refractivity contribution >= 4 is 37.2 Å². The second-order valence-electron chi connectivity index (χ2n) is 22.6. The fourth-order valence-electron chi connectivity index (χ4n) is 10.1. The highest BCUT2D eigenvalue weighted by molar-refractivity contribution is 7.47. The van der Waals surface area contributed by atoms with Gasteiger partial charge >= 0.3 is 25.7 Å². The normalized spacial score (nSPS) is 14.8. The number of aromatic nitrogens is 3. The summed E-state index contributed by atoms with van der Waals surface area (Å²) in [5, 5.41) is 10.2. The van der Waals surface area contributed by atoms with Crippen molar-refractivity contribution in [3.63, 3.8) is 0 Å². The van der Waals surface area contributed by atoms with Crippen LogP contribution >= 0.6 is 7.82 Å². The van der Waals surface area contributed by atoms with Gasteiger partial charge in [-0.2, -0.15) is 5.10 Å². The van der Waals surface area contributed by atoms with Gasteiger partial charge in [0.15, 0.2) is 30.0 Å². The predicted molar refractivity (Wildman–Crippen MR) is 313 cm³/mol. The fourth-order valence-corrected chi connectivity index (χ4v) is 10.9. The zero-order valence-electron chi connectivity index (χ0n) is 50.2. The van der Waals surface area contributed by atoms with Crippen LogP contribution in [0.3, 0.4) is 0 Å². The molecule has 2 aliphatic rings. The summed E-state index contributed by atoms with van der Waals surface area (Å²) >= 11 is 0. The third kappa shape index (κ3) is 23.6. The van der Waals surface area contributed by atoms with E-state index in [1.54, 1.807) is 21.3 Å². The first-order chi connectivity index (χ1) is 39.4. The molecule has 458 valence electrons. The molecule has 1 amide bonds. The number of amides is 1. The van der Waals surface area contributed by atoms with Gasteiger partial charge in [0.2, 0.25) is 5.75 Å². The van der Waals surface area contributed by atoms with Gasteiger partial charge in [-0.3, -0.25) is 33.3 Å². The summed E-state index contributed by atoms with van der Waals surface area (Å²) < 4.78 is 63.2. The third-order valence-corrected chi connectivity index (χ3v) is 15.7. The molecule has 0 bridgehead atoms. The van der Waals surface area contributed by atoms with Crippen molar-refractivity contribution in [3.8, 4) is 34.1 Å². The molecule has 5 rings (SSSR count). The Morgan fingerprint density at radius 2 is 1.39 bits per heavy atom. The highest BCUT2D eigenvalue weighted by Gasteiger charge is 2.33. The van der Waals surface area contributed by atoms with E-state index in [4.69, 9.17) is 42.2 Å². The lowest BCUT2D eigenvalue weighted by Crippen LogP contribution is -2.37. The lowest BCUT2D eigenvalue weighted by Gasteiger charge is -2.24. The topological polar surface area (TPSA) is 242 Å². The van der Waals surface area contributed by atoms with Crippen molar-refractivity contribution in [1.82, 2.24) is 20.5 Å². The van der Waals surface area contributed by atoms with Gasteiger partial charge in [-0.25, -0.2) is 9.55 Å². The number of likely N-dealkylation sites (N-methyl/N-ethyl adjacent to an activating group) is 1. The number of carbonyl (C=O) groups excluding carboxylic acids is 4. The number of fused-ring (bicyclic) bond motifs is 4. The zero-order chi connectivity index (χ0) is 59.3. The van der Waals surface area contributed by atoms with Crippen molar-refractivity contribution in [1.29, 1.82) is 0 Å². The highest BCUT2D eigenvalue weighted by atomic mass is 31.2. The number of unbranched alkanes of at least 4 members (excludes halogenated alkanes) is 18. The number of quaternary nitrogens is 1. The van der Waals surface area contributed by atoms with Crippen LogP contribution in [0, 0.1) is 0 Å². The zero-order valence-corrected chi connectivity index (χ0v) is 51.1. The quantitative estimate of drug-likeness (QED) is 0.0157. The maximum absolute atomic E-state index is 13.4. The number of hydrogen-bond acceptors (Lipinski definition) is 16. The van der Waals surface area contributed by atoms with Crippen LogP contribution in [-0.4, -0.2) is 137 Å². The van der Waals surface area contributed by atoms with Gasteiger partial charge in [-0.15, -0.1) is 0 Å². The minimum Gasteiger partial charge on any atom is -0.493 e. The lowest BCUT2D eigenvalue weighted by molar-refractivity contribution is -0.870. The summed E-state index contributed by atoms with van der Waals surface area (Å²) in [4.78, 5) is 66.6. The molecule has 1 aromatic heterocycles. The summed E-state index contributed by atoms with van der Waals surface area (Å²) in [6.45, 7) is 6.00. The number of aromatic amines is 1. The number of phosphoric acid groups is 1. The van der Waals surface area contributed by atoms with E-state index in [-0.39, 0.29) is 32.5 Å². The molecule has 2 unspecified atom stereocenters. The van der Waals surface area contributed by atoms with Crippen LogP contribution in [0.4, 0.5) is 0 Å². The number of methoxy groups -OCH3 is 3. The number of carbonyl (C=O) groups is 4. The van der Waals surface area contributed by atoms with Gasteiger partial charge in [0, 0.05) is 30.4 Å². The number of nitrogens with one attached hydrogen (secondary N) is 2. The van der Waals surface area contributed by atoms with E-state index in [9.17, 15) is 28.6 Å². The summed E-state index contributed by atoms with van der Waals surface area (Å²) in [6, 6.07) is 5.44. The van der Waals surface area contributed by atoms with E-state index >= 15 is 0 Å². The molecule has 3 atom stereocenters. The smallest absolute Gasteiger partial charge is 0.472 e. The summed E-state index contributed by atoms with van der Waals surface area (Å²) in [5.41, 5.74) is 5.17. The highest BCUT2D eigenvalue weighted by Crippen LogP contribution is 2.52. The Hall–Kier alpha value is -5.53. The molecule has 82 heavy (non-hydrogen) atoms. The molecule has 20 nitrogen and oxygen atoms in total. The molecule has 0 saturated carbocycles. The Labute approximate surface area is 486 Å². The summed E-state index contributed by atoms with van der Waals surface area (Å²) in [6.07, 6.45) is 22.4. The summed E-state index contributed by atoms with van der Waals surface area (Å²) in [5.74, 6) is 1.11. The van der Waals surface area contributed by atoms with Crippen molar-refractivity contribution < 1.29 is 75.3 Å². The van der Waals surface area contributed by atoms with Gasteiger partial charge < -0.3 is 47.9 Å². The number of esters is 3. The largest absolute Gasteiger partial charge is 0.493 e. The Balaban J connectivity index is 0.958. The molecular formula is C61H95N5O15P+. The molecule has 0 saturated heterocycles. The van der Waals surface area contributed by atoms with Crippen LogP contribution in [0.1, 0.15) is 189 Å². The van der Waals surface area contributed by atoms with Crippen LogP contribution in [0.2, 0.25) is 0 Å². The van der Waals surface area contributed by atoms with Crippen molar-refractivity contribution in [2.45, 2.75) is 186 Å². The fraction of sp³-hybridized carbons (Fsp3) is 0.672. The average Bonchev–Trinajstić information content (AvgIpc) is 4.18. The van der Waals surface area contributed by atoms with Crippen LogP contribution in [0.5, 0.6) is 23.0 Å². The first-order valence-electron chi connectivity index (χ1n) is 29.9. The maximum Gasteiger partial charge on any atom is 0.472 e. The Morgan fingerprint density at radius 3 is 2.01 bits per heavy atom. The van der Waals surface area contributed by atoms with E-state index in [1.165, 1.54) is 57.8 Å². The SMILES string of the molecule is C=C1COc2cc3c(cc21)-c1c(cc(OC)c(OC)c1OC)CC[C@@H]3NC(=O)COC(=O)Cc1nc(CCCCCCCCCC(=O)OC(COC(=O)CCCCCCCCCCCCCCC)COP(=O)(O)OCC[N+](C)(C)C)n[nH]1. The minimum atomic E-state index is -4.45. The third-order valence-electron chi connectivity index (χ3n) is 14.7. The van der Waals surface area contributed by atoms with Gasteiger partial charge in [0.25, 0.3) is 5.91 Å². The molecule has 3 N–H and O–H groups in total. The number of benzene rings is 2. The molecule has 2 heterocycles. The predicted octanol–water partition coefficient (Wildman–Crippen LogP) is 11.2. The van der Waals surface area contributed by atoms with E-state index in [0.29, 0.717) is 84.4 Å². The standard InChI is InChI=1S/C61H94N5O15P/c1-9-10-11-12-13-14-15-16-17-18-21-24-27-30-56(68)77-41-46(42-80-82(71,72)79-35-34-66(3,4)5)81-57(69)31-28-25-22-19-20-23-26-29-53-63-54(65-64-53)39-58(70)78-43-55(67)62-50-33-32-45-36-52(73-6)60(74-7)61(75-8)59(45)49-37-47-44(2)40-76-51(47)38-48(49)50/h36-38,46,50H,2,9-35,39-43H2,1,3-8H3,(H2-,62,63,64,65,67,71,72)/p+1/t46?,50-/m0/s1. The molecule has 0 fully saturated rings. The molecular weight excluding hydrogens is 1070 g/mol. The van der Waals surface area contributed by atoms with E-state index in [1.807, 2.05) is 39.3 Å². The number of rotatable bonds is 42. The second kappa shape index (κ2) is 35.6. The van der Waals surface area contributed by atoms with E-state index in [2.05, 4.69) is 34.0 Å². The van der Waals surface area contributed by atoms with Crippen LogP contribution in [0.15, 0.2) is 24.8 Å². The summed E-state index contributed by atoms with van der Waals surface area (Å²) in [7, 11) is 6.05. The van der Waals surface area contributed by atoms with Crippen molar-refractivity contribution in [2.75, 3.05) is 82.1 Å². The molecule has 0 radical (unpaired) electrons. The molecule has 0 spiro atoms. The van der Waals surface area contributed by atoms with Gasteiger partial charge in [0.05, 0.1) is 55.1 Å². The molecule has 3 aromatic rings.